The molecule has 1 nitrogen and oxygen atoms in total. The molecule has 0 aliphatic carbocycles. The molecule has 1 N–H and O–H groups in total. The Morgan fingerprint density at radius 1 is 1.19 bits per heavy atom. The molecule has 0 bridgehead atoms. The van der Waals surface area contributed by atoms with Gasteiger partial charge in [0.25, 0.3) is 0 Å². The van der Waals surface area contributed by atoms with Crippen molar-refractivity contribution in [2.45, 2.75) is 46.5 Å². The standard InChI is InChI=1S/C25H31N/c1-7-10-23(25-17-20(9-3)24(26-25)11-8-2)16-19(6)22-14-12-21(13-15-22)18(4)5/h7,9-10,12-18,26H,3,6,8,11H2,1-2,4-5H3/b10-7-,23-16+. The fraction of sp³-hybridized carbons (Fsp3) is 0.280. The van der Waals surface area contributed by atoms with Crippen LogP contribution in [-0.4, -0.2) is 4.98 Å². The van der Waals surface area contributed by atoms with E-state index in [1.807, 2.05) is 13.0 Å². The zero-order chi connectivity index (χ0) is 19.1. The molecule has 0 fully saturated rings. The summed E-state index contributed by atoms with van der Waals surface area (Å²) < 4.78 is 0. The van der Waals surface area contributed by atoms with Gasteiger partial charge in [-0.2, -0.15) is 0 Å². The first-order valence-corrected chi connectivity index (χ1v) is 9.48. The molecular weight excluding hydrogens is 314 g/mol. The first kappa shape index (κ1) is 19.8. The van der Waals surface area contributed by atoms with Crippen LogP contribution in [0.1, 0.15) is 68.1 Å². The predicted octanol–water partition coefficient (Wildman–Crippen LogP) is 7.41. The number of nitrogens with one attached hydrogen (secondary N) is 1. The van der Waals surface area contributed by atoms with E-state index in [-0.39, 0.29) is 0 Å². The molecule has 1 heteroatoms. The Kier molecular flexibility index (Phi) is 7.03. The molecule has 1 aromatic heterocycles. The summed E-state index contributed by atoms with van der Waals surface area (Å²) in [5.74, 6) is 0.541. The van der Waals surface area contributed by atoms with Gasteiger partial charge in [-0.15, -0.1) is 0 Å². The molecule has 136 valence electrons. The highest BCUT2D eigenvalue weighted by molar-refractivity contribution is 5.86. The van der Waals surface area contributed by atoms with Crippen LogP contribution in [0.15, 0.2) is 61.7 Å². The lowest BCUT2D eigenvalue weighted by atomic mass is 9.98. The summed E-state index contributed by atoms with van der Waals surface area (Å²) in [5.41, 5.74) is 8.20. The Balaban J connectivity index is 2.36. The normalized spacial score (nSPS) is 12.1. The lowest BCUT2D eigenvalue weighted by Crippen LogP contribution is -1.89. The van der Waals surface area contributed by atoms with Crippen LogP contribution in [0, 0.1) is 0 Å². The van der Waals surface area contributed by atoms with Crippen molar-refractivity contribution in [3.8, 4) is 0 Å². The number of H-pyrrole nitrogens is 1. The van der Waals surface area contributed by atoms with E-state index < -0.39 is 0 Å². The van der Waals surface area contributed by atoms with Crippen LogP contribution in [0.25, 0.3) is 17.2 Å². The van der Waals surface area contributed by atoms with Crippen LogP contribution in [0.2, 0.25) is 0 Å². The highest BCUT2D eigenvalue weighted by Crippen LogP contribution is 2.26. The van der Waals surface area contributed by atoms with Crippen molar-refractivity contribution in [2.75, 3.05) is 0 Å². The van der Waals surface area contributed by atoms with Crippen LogP contribution in [0.3, 0.4) is 0 Å². The molecule has 1 aromatic carbocycles. The third kappa shape index (κ3) is 4.76. The summed E-state index contributed by atoms with van der Waals surface area (Å²) >= 11 is 0. The molecule has 26 heavy (non-hydrogen) atoms. The summed E-state index contributed by atoms with van der Waals surface area (Å²) in [6.07, 6.45) is 10.4. The van der Waals surface area contributed by atoms with Gasteiger partial charge in [-0.05, 0) is 59.2 Å². The molecule has 0 saturated carbocycles. The van der Waals surface area contributed by atoms with Crippen molar-refractivity contribution >= 4 is 17.2 Å². The third-order valence-corrected chi connectivity index (χ3v) is 4.59. The summed E-state index contributed by atoms with van der Waals surface area (Å²) in [4.78, 5) is 3.57. The largest absolute Gasteiger partial charge is 0.358 e. The van der Waals surface area contributed by atoms with Gasteiger partial charge in [0.15, 0.2) is 0 Å². The van der Waals surface area contributed by atoms with Gasteiger partial charge in [-0.3, -0.25) is 0 Å². The number of aryl methyl sites for hydroxylation is 1. The van der Waals surface area contributed by atoms with Gasteiger partial charge in [-0.1, -0.05) is 82.8 Å². The minimum atomic E-state index is 0.541. The van der Waals surface area contributed by atoms with Crippen LogP contribution >= 0.6 is 0 Å². The maximum atomic E-state index is 4.29. The molecule has 2 rings (SSSR count). The average molecular weight is 346 g/mol. The Morgan fingerprint density at radius 3 is 2.42 bits per heavy atom. The number of aromatic nitrogens is 1. The Labute approximate surface area is 158 Å². The highest BCUT2D eigenvalue weighted by Gasteiger charge is 2.08. The van der Waals surface area contributed by atoms with Crippen molar-refractivity contribution in [2.24, 2.45) is 0 Å². The van der Waals surface area contributed by atoms with Crippen LogP contribution in [0.5, 0.6) is 0 Å². The number of allylic oxidation sites excluding steroid dienone is 5. The zero-order valence-electron chi connectivity index (χ0n) is 16.6. The Bertz CT molecular complexity index is 810. The van der Waals surface area contributed by atoms with Crippen molar-refractivity contribution in [1.29, 1.82) is 0 Å². The first-order chi connectivity index (χ1) is 12.5. The topological polar surface area (TPSA) is 15.8 Å². The molecular formula is C25H31N. The van der Waals surface area contributed by atoms with E-state index in [9.17, 15) is 0 Å². The quantitative estimate of drug-likeness (QED) is 0.479. The van der Waals surface area contributed by atoms with Crippen LogP contribution in [0.4, 0.5) is 0 Å². The van der Waals surface area contributed by atoms with Gasteiger partial charge in [-0.25, -0.2) is 0 Å². The van der Waals surface area contributed by atoms with Crippen molar-refractivity contribution in [3.05, 3.63) is 89.8 Å². The smallest absolute Gasteiger partial charge is 0.0462 e. The maximum absolute atomic E-state index is 4.29. The van der Waals surface area contributed by atoms with E-state index in [1.54, 1.807) is 0 Å². The maximum Gasteiger partial charge on any atom is 0.0462 e. The van der Waals surface area contributed by atoms with Gasteiger partial charge in [0.05, 0.1) is 0 Å². The van der Waals surface area contributed by atoms with Crippen LogP contribution in [-0.2, 0) is 6.42 Å². The molecule has 0 unspecified atom stereocenters. The molecule has 0 radical (unpaired) electrons. The summed E-state index contributed by atoms with van der Waals surface area (Å²) in [5, 5.41) is 0. The highest BCUT2D eigenvalue weighted by atomic mass is 14.7. The SMILES string of the molecule is C=Cc1cc(C(/C=C\C)=C/C(=C)c2ccc(C(C)C)cc2)[nH]c1CCC. The molecule has 0 aliphatic rings. The van der Waals surface area contributed by atoms with E-state index in [0.29, 0.717) is 5.92 Å². The van der Waals surface area contributed by atoms with Crippen LogP contribution < -0.4 is 0 Å². The molecule has 0 saturated heterocycles. The van der Waals surface area contributed by atoms with Gasteiger partial charge >= 0.3 is 0 Å². The number of rotatable bonds is 8. The van der Waals surface area contributed by atoms with E-state index >= 15 is 0 Å². The fourth-order valence-electron chi connectivity index (χ4n) is 3.06. The molecule has 0 spiro atoms. The molecule has 0 amide bonds. The van der Waals surface area contributed by atoms with E-state index in [2.05, 4.69) is 87.5 Å². The lowest BCUT2D eigenvalue weighted by Gasteiger charge is -2.08. The number of benzene rings is 1. The second kappa shape index (κ2) is 9.24. The van der Waals surface area contributed by atoms with Gasteiger partial charge in [0.2, 0.25) is 0 Å². The summed E-state index contributed by atoms with van der Waals surface area (Å²) in [6.45, 7) is 16.9. The monoisotopic (exact) mass is 345 g/mol. The van der Waals surface area contributed by atoms with Crippen molar-refractivity contribution in [3.63, 3.8) is 0 Å². The van der Waals surface area contributed by atoms with Gasteiger partial charge < -0.3 is 4.98 Å². The van der Waals surface area contributed by atoms with Crippen molar-refractivity contribution < 1.29 is 0 Å². The first-order valence-electron chi connectivity index (χ1n) is 9.48. The minimum Gasteiger partial charge on any atom is -0.358 e. The fourth-order valence-corrected chi connectivity index (χ4v) is 3.06. The van der Waals surface area contributed by atoms with Crippen molar-refractivity contribution in [1.82, 2.24) is 4.98 Å². The molecule has 0 atom stereocenters. The number of aromatic amines is 1. The Morgan fingerprint density at radius 2 is 1.88 bits per heavy atom. The van der Waals surface area contributed by atoms with E-state index in [4.69, 9.17) is 0 Å². The third-order valence-electron chi connectivity index (χ3n) is 4.59. The Hall–Kier alpha value is -2.54. The second-order valence-electron chi connectivity index (χ2n) is 6.97. The zero-order valence-corrected chi connectivity index (χ0v) is 16.6. The predicted molar refractivity (Wildman–Crippen MR) is 117 cm³/mol. The van der Waals surface area contributed by atoms with Gasteiger partial charge in [0, 0.05) is 11.4 Å². The summed E-state index contributed by atoms with van der Waals surface area (Å²) in [7, 11) is 0. The van der Waals surface area contributed by atoms with E-state index in [0.717, 1.165) is 35.2 Å². The molecule has 2 aromatic rings. The minimum absolute atomic E-state index is 0.541. The number of hydrogen-bond donors (Lipinski definition) is 1. The average Bonchev–Trinajstić information content (AvgIpc) is 3.04. The van der Waals surface area contributed by atoms with E-state index in [1.165, 1.54) is 16.8 Å². The summed E-state index contributed by atoms with van der Waals surface area (Å²) in [6, 6.07) is 10.9. The lowest BCUT2D eigenvalue weighted by molar-refractivity contribution is 0.866. The molecule has 1 heterocycles. The van der Waals surface area contributed by atoms with Gasteiger partial charge in [0.1, 0.15) is 0 Å². The number of hydrogen-bond acceptors (Lipinski definition) is 0. The molecule has 0 aliphatic heterocycles. The second-order valence-corrected chi connectivity index (χ2v) is 6.97.